The first-order valence-electron chi connectivity index (χ1n) is 7.58. The summed E-state index contributed by atoms with van der Waals surface area (Å²) in [4.78, 5) is 1.91. The molecule has 0 unspecified atom stereocenters. The molecule has 2 aromatic rings. The first-order chi connectivity index (χ1) is 9.85. The van der Waals surface area contributed by atoms with Crippen LogP contribution in [0.5, 0.6) is 0 Å². The van der Waals surface area contributed by atoms with Gasteiger partial charge in [-0.3, -0.25) is 5.01 Å². The lowest BCUT2D eigenvalue weighted by atomic mass is 10.2. The normalized spacial score (nSPS) is 10.7. The van der Waals surface area contributed by atoms with Crippen LogP contribution in [0.1, 0.15) is 39.5 Å². The standard InChI is InChI=1S/C16H24N4/c1-3-5-12-19(13-6-4-2)20-14-16(17-18-20)15-10-8-7-9-11-15/h7-11,14H,3-6,12-13H2,1-2H3. The van der Waals surface area contributed by atoms with Crippen molar-refractivity contribution in [3.63, 3.8) is 0 Å². The molecule has 20 heavy (non-hydrogen) atoms. The van der Waals surface area contributed by atoms with Crippen molar-refractivity contribution >= 4 is 0 Å². The Morgan fingerprint density at radius 2 is 1.65 bits per heavy atom. The zero-order valence-corrected chi connectivity index (χ0v) is 12.5. The smallest absolute Gasteiger partial charge is 0.115 e. The topological polar surface area (TPSA) is 34.0 Å². The molecule has 108 valence electrons. The van der Waals surface area contributed by atoms with Gasteiger partial charge in [0.05, 0.1) is 6.20 Å². The van der Waals surface area contributed by atoms with Crippen molar-refractivity contribution in [1.29, 1.82) is 0 Å². The molecule has 0 aliphatic rings. The minimum Gasteiger partial charge on any atom is -0.296 e. The molecular formula is C16H24N4. The van der Waals surface area contributed by atoms with Gasteiger partial charge in [0.15, 0.2) is 0 Å². The summed E-state index contributed by atoms with van der Waals surface area (Å²) < 4.78 is 0. The number of rotatable bonds is 8. The van der Waals surface area contributed by atoms with E-state index in [4.69, 9.17) is 0 Å². The van der Waals surface area contributed by atoms with Gasteiger partial charge in [-0.05, 0) is 18.1 Å². The van der Waals surface area contributed by atoms with Crippen LogP contribution < -0.4 is 5.01 Å². The fourth-order valence-electron chi connectivity index (χ4n) is 2.13. The Bertz CT molecular complexity index is 484. The van der Waals surface area contributed by atoms with Crippen molar-refractivity contribution in [3.05, 3.63) is 36.5 Å². The third-order valence-electron chi connectivity index (χ3n) is 3.38. The van der Waals surface area contributed by atoms with Crippen LogP contribution >= 0.6 is 0 Å². The summed E-state index contributed by atoms with van der Waals surface area (Å²) in [7, 11) is 0. The van der Waals surface area contributed by atoms with Crippen LogP contribution in [0.4, 0.5) is 0 Å². The molecule has 1 aromatic carbocycles. The van der Waals surface area contributed by atoms with Crippen molar-refractivity contribution in [2.45, 2.75) is 39.5 Å². The molecule has 1 aromatic heterocycles. The van der Waals surface area contributed by atoms with Crippen LogP contribution in [0, 0.1) is 0 Å². The maximum absolute atomic E-state index is 4.29. The van der Waals surface area contributed by atoms with Gasteiger partial charge in [0.2, 0.25) is 0 Å². The van der Waals surface area contributed by atoms with E-state index in [9.17, 15) is 0 Å². The van der Waals surface area contributed by atoms with Crippen molar-refractivity contribution < 1.29 is 0 Å². The second-order valence-corrected chi connectivity index (χ2v) is 5.05. The lowest BCUT2D eigenvalue weighted by molar-refractivity contribution is 0.489. The molecule has 4 nitrogen and oxygen atoms in total. The predicted octanol–water partition coefficient (Wildman–Crippen LogP) is 3.48. The fourth-order valence-corrected chi connectivity index (χ4v) is 2.13. The van der Waals surface area contributed by atoms with Crippen LogP contribution in [-0.4, -0.2) is 28.2 Å². The van der Waals surface area contributed by atoms with Gasteiger partial charge in [-0.1, -0.05) is 57.0 Å². The van der Waals surface area contributed by atoms with Gasteiger partial charge in [0.25, 0.3) is 0 Å². The van der Waals surface area contributed by atoms with Crippen molar-refractivity contribution in [2.75, 3.05) is 18.1 Å². The number of benzene rings is 1. The van der Waals surface area contributed by atoms with Gasteiger partial charge in [0.1, 0.15) is 5.69 Å². The highest BCUT2D eigenvalue weighted by Gasteiger charge is 2.09. The number of nitrogens with zero attached hydrogens (tertiary/aromatic N) is 4. The number of aromatic nitrogens is 3. The molecule has 2 rings (SSSR count). The van der Waals surface area contributed by atoms with Gasteiger partial charge in [-0.25, -0.2) is 0 Å². The summed E-state index contributed by atoms with van der Waals surface area (Å²) in [6.45, 7) is 6.51. The lowest BCUT2D eigenvalue weighted by Crippen LogP contribution is -2.36. The second-order valence-electron chi connectivity index (χ2n) is 5.05. The van der Waals surface area contributed by atoms with E-state index >= 15 is 0 Å². The molecule has 0 atom stereocenters. The van der Waals surface area contributed by atoms with E-state index in [-0.39, 0.29) is 0 Å². The summed E-state index contributed by atoms with van der Waals surface area (Å²) in [5.41, 5.74) is 2.05. The summed E-state index contributed by atoms with van der Waals surface area (Å²) in [5, 5.41) is 10.9. The molecular weight excluding hydrogens is 248 g/mol. The highest BCUT2D eigenvalue weighted by molar-refractivity contribution is 5.57. The SMILES string of the molecule is CCCCN(CCCC)n1cc(-c2ccccc2)nn1. The lowest BCUT2D eigenvalue weighted by Gasteiger charge is -2.23. The quantitative estimate of drug-likeness (QED) is 0.737. The Labute approximate surface area is 121 Å². The summed E-state index contributed by atoms with van der Waals surface area (Å²) in [6, 6.07) is 10.2. The average molecular weight is 272 g/mol. The number of hydrogen-bond donors (Lipinski definition) is 0. The van der Waals surface area contributed by atoms with Gasteiger partial charge < -0.3 is 0 Å². The highest BCUT2D eigenvalue weighted by atomic mass is 15.7. The second kappa shape index (κ2) is 7.68. The van der Waals surface area contributed by atoms with E-state index in [1.165, 1.54) is 25.7 Å². The Kier molecular flexibility index (Phi) is 5.59. The highest BCUT2D eigenvalue weighted by Crippen LogP contribution is 2.15. The third kappa shape index (κ3) is 3.83. The van der Waals surface area contributed by atoms with E-state index in [0.717, 1.165) is 24.3 Å². The third-order valence-corrected chi connectivity index (χ3v) is 3.38. The van der Waals surface area contributed by atoms with Gasteiger partial charge in [-0.15, -0.1) is 5.10 Å². The largest absolute Gasteiger partial charge is 0.296 e. The maximum Gasteiger partial charge on any atom is 0.115 e. The zero-order chi connectivity index (χ0) is 14.2. The minimum atomic E-state index is 0.934. The van der Waals surface area contributed by atoms with Gasteiger partial charge in [0, 0.05) is 18.7 Å². The number of unbranched alkanes of at least 4 members (excludes halogenated alkanes) is 2. The van der Waals surface area contributed by atoms with Gasteiger partial charge >= 0.3 is 0 Å². The molecule has 0 aliphatic carbocycles. The van der Waals surface area contributed by atoms with Gasteiger partial charge in [-0.2, -0.15) is 4.79 Å². The Hall–Kier alpha value is -1.84. The van der Waals surface area contributed by atoms with E-state index < -0.39 is 0 Å². The van der Waals surface area contributed by atoms with E-state index in [0.29, 0.717) is 0 Å². The number of hydrogen-bond acceptors (Lipinski definition) is 3. The van der Waals surface area contributed by atoms with Crippen LogP contribution in [0.2, 0.25) is 0 Å². The van der Waals surface area contributed by atoms with E-state index in [1.807, 2.05) is 29.2 Å². The van der Waals surface area contributed by atoms with Crippen LogP contribution in [0.25, 0.3) is 11.3 Å². The molecule has 0 bridgehead atoms. The molecule has 0 aliphatic heterocycles. The molecule has 0 fully saturated rings. The van der Waals surface area contributed by atoms with Crippen molar-refractivity contribution in [2.24, 2.45) is 0 Å². The monoisotopic (exact) mass is 272 g/mol. The predicted molar refractivity (Wildman–Crippen MR) is 83.2 cm³/mol. The summed E-state index contributed by atoms with van der Waals surface area (Å²) in [6.07, 6.45) is 6.79. The maximum atomic E-state index is 4.29. The van der Waals surface area contributed by atoms with Crippen LogP contribution in [0.15, 0.2) is 36.5 Å². The molecule has 0 saturated heterocycles. The molecule has 0 spiro atoms. The molecule has 1 heterocycles. The molecule has 0 N–H and O–H groups in total. The molecule has 0 radical (unpaired) electrons. The van der Waals surface area contributed by atoms with Crippen LogP contribution in [0.3, 0.4) is 0 Å². The molecule has 0 saturated carbocycles. The Morgan fingerprint density at radius 3 is 2.25 bits per heavy atom. The van der Waals surface area contributed by atoms with E-state index in [1.54, 1.807) is 0 Å². The molecule has 0 amide bonds. The average Bonchev–Trinajstić information content (AvgIpc) is 2.98. The van der Waals surface area contributed by atoms with Crippen LogP contribution in [-0.2, 0) is 0 Å². The van der Waals surface area contributed by atoms with E-state index in [2.05, 4.69) is 41.3 Å². The summed E-state index contributed by atoms with van der Waals surface area (Å²) in [5.74, 6) is 0. The Morgan fingerprint density at radius 1 is 1.00 bits per heavy atom. The first-order valence-corrected chi connectivity index (χ1v) is 7.58. The molecule has 4 heteroatoms. The zero-order valence-electron chi connectivity index (χ0n) is 12.5. The minimum absolute atomic E-state index is 0.934. The fraction of sp³-hybridized carbons (Fsp3) is 0.500. The first kappa shape index (κ1) is 14.6. The van der Waals surface area contributed by atoms with Crippen molar-refractivity contribution in [1.82, 2.24) is 15.1 Å². The van der Waals surface area contributed by atoms with Crippen molar-refractivity contribution in [3.8, 4) is 11.3 Å². The summed E-state index contributed by atoms with van der Waals surface area (Å²) >= 11 is 0. The Balaban J connectivity index is 2.11.